The number of nitrogens with two attached hydrogens (primary N) is 1. The number of aromatic nitrogens is 2. The Balaban J connectivity index is 1.81. The fraction of sp³-hybridized carbons (Fsp3) is 0.500. The van der Waals surface area contributed by atoms with Crippen molar-refractivity contribution in [1.29, 1.82) is 0 Å². The van der Waals surface area contributed by atoms with Gasteiger partial charge >= 0.3 is 0 Å². The Morgan fingerprint density at radius 3 is 2.85 bits per heavy atom. The van der Waals surface area contributed by atoms with E-state index in [1.807, 2.05) is 0 Å². The number of nitrogens with zero attached hydrogens (tertiary/aromatic N) is 2. The van der Waals surface area contributed by atoms with Gasteiger partial charge in [-0.05, 0) is 24.7 Å². The van der Waals surface area contributed by atoms with Gasteiger partial charge in [0, 0.05) is 18.4 Å². The maximum absolute atomic E-state index is 12.4. The van der Waals surface area contributed by atoms with Crippen molar-refractivity contribution in [2.24, 2.45) is 5.41 Å². The van der Waals surface area contributed by atoms with Crippen molar-refractivity contribution < 1.29 is 4.79 Å². The molecule has 0 spiro atoms. The van der Waals surface area contributed by atoms with E-state index in [2.05, 4.69) is 29.1 Å². The average Bonchev–Trinajstić information content (AvgIpc) is 2.91. The van der Waals surface area contributed by atoms with Crippen LogP contribution in [-0.2, 0) is 0 Å². The summed E-state index contributed by atoms with van der Waals surface area (Å²) in [5.74, 6) is -0.102. The average molecular weight is 290 g/mol. The normalized spacial score (nSPS) is 21.2. The predicted octanol–water partition coefficient (Wildman–Crippen LogP) is 2.58. The Morgan fingerprint density at radius 2 is 2.20 bits per heavy atom. The fourth-order valence-corrected chi connectivity index (χ4v) is 3.75. The van der Waals surface area contributed by atoms with Gasteiger partial charge in [-0.2, -0.15) is 0 Å². The number of amides is 1. The molecular weight excluding hydrogens is 272 g/mol. The molecule has 0 aromatic carbocycles. The van der Waals surface area contributed by atoms with Crippen LogP contribution < -0.4 is 11.1 Å². The highest BCUT2D eigenvalue weighted by atomic mass is 32.1. The molecule has 0 bridgehead atoms. The molecule has 1 atom stereocenters. The molecule has 1 aliphatic rings. The van der Waals surface area contributed by atoms with Crippen molar-refractivity contribution in [3.05, 3.63) is 17.3 Å². The third-order valence-corrected chi connectivity index (χ3v) is 4.97. The van der Waals surface area contributed by atoms with E-state index < -0.39 is 0 Å². The molecule has 0 radical (unpaired) electrons. The lowest BCUT2D eigenvalue weighted by molar-refractivity contribution is 0.0941. The second kappa shape index (κ2) is 4.70. The maximum atomic E-state index is 12.4. The molecule has 2 heterocycles. The molecule has 2 aromatic rings. The standard InChI is InChI=1S/C14H18N4OS/c1-14(2)4-3-8(7-14)18-12(19)11-9(15)10-13(20-11)17-6-5-16-10/h5-6,8H,3-4,7,15H2,1-2H3,(H,18,19). The number of nitrogen functional groups attached to an aromatic ring is 1. The summed E-state index contributed by atoms with van der Waals surface area (Å²) in [5, 5.41) is 3.09. The van der Waals surface area contributed by atoms with Crippen molar-refractivity contribution in [1.82, 2.24) is 15.3 Å². The van der Waals surface area contributed by atoms with E-state index in [4.69, 9.17) is 5.73 Å². The van der Waals surface area contributed by atoms with E-state index in [1.165, 1.54) is 11.3 Å². The third kappa shape index (κ3) is 2.35. The van der Waals surface area contributed by atoms with Gasteiger partial charge in [-0.1, -0.05) is 13.8 Å². The molecule has 0 aliphatic heterocycles. The van der Waals surface area contributed by atoms with E-state index in [0.717, 1.165) is 19.3 Å². The number of thiophene rings is 1. The molecule has 106 valence electrons. The summed E-state index contributed by atoms with van der Waals surface area (Å²) in [6, 6.07) is 0.239. The molecule has 0 saturated heterocycles. The van der Waals surface area contributed by atoms with Gasteiger partial charge in [0.1, 0.15) is 15.2 Å². The zero-order chi connectivity index (χ0) is 14.3. The van der Waals surface area contributed by atoms with E-state index in [9.17, 15) is 4.79 Å². The first kappa shape index (κ1) is 13.3. The van der Waals surface area contributed by atoms with E-state index in [-0.39, 0.29) is 11.9 Å². The van der Waals surface area contributed by atoms with Crippen LogP contribution in [0.1, 0.15) is 42.8 Å². The summed E-state index contributed by atoms with van der Waals surface area (Å²) >= 11 is 1.30. The smallest absolute Gasteiger partial charge is 0.263 e. The summed E-state index contributed by atoms with van der Waals surface area (Å²) in [6.07, 6.45) is 6.38. The molecule has 1 aliphatic carbocycles. The largest absolute Gasteiger partial charge is 0.396 e. The van der Waals surface area contributed by atoms with Crippen molar-refractivity contribution in [2.75, 3.05) is 5.73 Å². The number of hydrogen-bond donors (Lipinski definition) is 2. The summed E-state index contributed by atoms with van der Waals surface area (Å²) < 4.78 is 0. The van der Waals surface area contributed by atoms with Gasteiger partial charge in [0.2, 0.25) is 0 Å². The number of carbonyl (C=O) groups excluding carboxylic acids is 1. The molecule has 1 saturated carbocycles. The lowest BCUT2D eigenvalue weighted by Gasteiger charge is -2.17. The van der Waals surface area contributed by atoms with Crippen LogP contribution >= 0.6 is 11.3 Å². The molecule has 1 fully saturated rings. The highest BCUT2D eigenvalue weighted by Gasteiger charge is 2.32. The number of rotatable bonds is 2. The van der Waals surface area contributed by atoms with Crippen LogP contribution in [0.25, 0.3) is 10.3 Å². The molecule has 1 amide bonds. The Kier molecular flexibility index (Phi) is 3.12. The molecule has 2 aromatic heterocycles. The van der Waals surface area contributed by atoms with Crippen molar-refractivity contribution in [3.63, 3.8) is 0 Å². The minimum atomic E-state index is -0.102. The van der Waals surface area contributed by atoms with Crippen LogP contribution in [0.5, 0.6) is 0 Å². The van der Waals surface area contributed by atoms with Crippen LogP contribution in [0.3, 0.4) is 0 Å². The number of hydrogen-bond acceptors (Lipinski definition) is 5. The van der Waals surface area contributed by atoms with Gasteiger partial charge in [-0.3, -0.25) is 4.79 Å². The lowest BCUT2D eigenvalue weighted by Crippen LogP contribution is -2.33. The highest BCUT2D eigenvalue weighted by Crippen LogP contribution is 2.37. The van der Waals surface area contributed by atoms with Gasteiger partial charge in [-0.25, -0.2) is 9.97 Å². The Hall–Kier alpha value is -1.69. The maximum Gasteiger partial charge on any atom is 0.263 e. The second-order valence-electron chi connectivity index (χ2n) is 6.13. The van der Waals surface area contributed by atoms with Gasteiger partial charge in [0.05, 0.1) is 5.69 Å². The van der Waals surface area contributed by atoms with Crippen molar-refractivity contribution >= 4 is 33.3 Å². The van der Waals surface area contributed by atoms with Crippen molar-refractivity contribution in [3.8, 4) is 0 Å². The van der Waals surface area contributed by atoms with Gasteiger partial charge < -0.3 is 11.1 Å². The van der Waals surface area contributed by atoms with E-state index in [1.54, 1.807) is 12.4 Å². The first-order valence-corrected chi connectivity index (χ1v) is 7.58. The summed E-state index contributed by atoms with van der Waals surface area (Å²) in [6.45, 7) is 4.47. The molecule has 6 heteroatoms. The third-order valence-electron chi connectivity index (χ3n) is 3.87. The minimum Gasteiger partial charge on any atom is -0.396 e. The summed E-state index contributed by atoms with van der Waals surface area (Å²) in [5.41, 5.74) is 7.38. The van der Waals surface area contributed by atoms with Crippen molar-refractivity contribution in [2.45, 2.75) is 39.2 Å². The monoisotopic (exact) mass is 290 g/mol. The Labute approximate surface area is 121 Å². The zero-order valence-electron chi connectivity index (χ0n) is 11.6. The van der Waals surface area contributed by atoms with Crippen LogP contribution in [0.15, 0.2) is 12.4 Å². The first-order valence-electron chi connectivity index (χ1n) is 6.76. The molecule has 3 N–H and O–H groups in total. The summed E-state index contributed by atoms with van der Waals surface area (Å²) in [4.78, 5) is 22.0. The number of carbonyl (C=O) groups is 1. The Bertz CT molecular complexity index is 664. The fourth-order valence-electron chi connectivity index (χ4n) is 2.82. The lowest BCUT2D eigenvalue weighted by atomic mass is 9.92. The number of nitrogens with one attached hydrogen (secondary N) is 1. The molecule has 5 nitrogen and oxygen atoms in total. The summed E-state index contributed by atoms with van der Waals surface area (Å²) in [7, 11) is 0. The van der Waals surface area contributed by atoms with Gasteiger partial charge in [0.15, 0.2) is 0 Å². The first-order chi connectivity index (χ1) is 9.46. The zero-order valence-corrected chi connectivity index (χ0v) is 12.5. The van der Waals surface area contributed by atoms with Crippen LogP contribution in [-0.4, -0.2) is 21.9 Å². The topological polar surface area (TPSA) is 80.9 Å². The quantitative estimate of drug-likeness (QED) is 0.890. The Morgan fingerprint density at radius 1 is 1.45 bits per heavy atom. The van der Waals surface area contributed by atoms with E-state index >= 15 is 0 Å². The van der Waals surface area contributed by atoms with Crippen LogP contribution in [0.4, 0.5) is 5.69 Å². The highest BCUT2D eigenvalue weighted by molar-refractivity contribution is 7.21. The molecule has 3 rings (SSSR count). The SMILES string of the molecule is CC1(C)CCC(NC(=O)c2sc3nccnc3c2N)C1. The van der Waals surface area contributed by atoms with Crippen LogP contribution in [0, 0.1) is 5.41 Å². The molecular formula is C14H18N4OS. The predicted molar refractivity (Wildman–Crippen MR) is 80.7 cm³/mol. The molecule has 20 heavy (non-hydrogen) atoms. The number of anilines is 1. The van der Waals surface area contributed by atoms with E-state index in [0.29, 0.717) is 26.3 Å². The number of fused-ring (bicyclic) bond motifs is 1. The van der Waals surface area contributed by atoms with Gasteiger partial charge in [-0.15, -0.1) is 11.3 Å². The van der Waals surface area contributed by atoms with Gasteiger partial charge in [0.25, 0.3) is 5.91 Å². The minimum absolute atomic E-state index is 0.102. The molecule has 1 unspecified atom stereocenters. The van der Waals surface area contributed by atoms with Crippen LogP contribution in [0.2, 0.25) is 0 Å². The second-order valence-corrected chi connectivity index (χ2v) is 7.13.